The maximum atomic E-state index is 11.8. The van der Waals surface area contributed by atoms with Crippen LogP contribution in [0.15, 0.2) is 24.4 Å². The molecule has 158 valence electrons. The topological polar surface area (TPSA) is 169 Å². The molecule has 2 aromatic rings. The van der Waals surface area contributed by atoms with E-state index < -0.39 is 16.5 Å². The van der Waals surface area contributed by atoms with E-state index in [4.69, 9.17) is 16.2 Å². The highest BCUT2D eigenvalue weighted by Gasteiger charge is 2.31. The second kappa shape index (κ2) is 8.41. The summed E-state index contributed by atoms with van der Waals surface area (Å²) >= 11 is 0. The third-order valence-electron chi connectivity index (χ3n) is 4.64. The van der Waals surface area contributed by atoms with Gasteiger partial charge in [-0.25, -0.2) is 9.97 Å². The van der Waals surface area contributed by atoms with Crippen molar-refractivity contribution < 1.29 is 18.6 Å². The number of hydrogen-bond acceptors (Lipinski definition) is 9. The highest BCUT2D eigenvalue weighted by Crippen LogP contribution is 2.44. The average Bonchev–Trinajstić information content (AvgIpc) is 2.64. The van der Waals surface area contributed by atoms with Crippen LogP contribution >= 0.6 is 10.6 Å². The molecule has 0 aromatic carbocycles. The van der Waals surface area contributed by atoms with Gasteiger partial charge in [0, 0.05) is 29.6 Å². The second-order valence-electron chi connectivity index (χ2n) is 7.02. The van der Waals surface area contributed by atoms with Crippen LogP contribution in [0.4, 0.5) is 17.2 Å². The van der Waals surface area contributed by atoms with Crippen LogP contribution in [0.3, 0.4) is 0 Å². The van der Waals surface area contributed by atoms with Gasteiger partial charge < -0.3 is 26.8 Å². The first kappa shape index (κ1) is 21.1. The molecule has 0 saturated carbocycles. The molecule has 1 saturated heterocycles. The van der Waals surface area contributed by atoms with Crippen molar-refractivity contribution in [1.29, 1.82) is 0 Å². The van der Waals surface area contributed by atoms with Crippen LogP contribution < -0.4 is 26.8 Å². The number of nitrogens with two attached hydrogens (primary N) is 2. The summed E-state index contributed by atoms with van der Waals surface area (Å²) in [5.41, 5.74) is 13.3. The summed E-state index contributed by atoms with van der Waals surface area (Å²) in [7, 11) is -1.10. The summed E-state index contributed by atoms with van der Waals surface area (Å²) in [6.07, 6.45) is 1.97. The molecule has 0 unspecified atom stereocenters. The number of anilines is 3. The van der Waals surface area contributed by atoms with Gasteiger partial charge in [-0.15, -0.1) is 0 Å². The van der Waals surface area contributed by atoms with E-state index in [-0.39, 0.29) is 23.5 Å². The minimum absolute atomic E-state index is 0.0510. The summed E-state index contributed by atoms with van der Waals surface area (Å²) in [5, 5.41) is 6.24. The number of nitrogens with zero attached hydrogens (tertiary/aromatic N) is 2. The summed E-state index contributed by atoms with van der Waals surface area (Å²) in [5.74, 6) is 0.847. The number of carbonyl (C=O) groups excluding carboxylic acids is 1. The number of hydrogen-bond donors (Lipinski definition) is 6. The quantitative estimate of drug-likeness (QED) is 0.407. The largest absolute Gasteiger partial charge is 0.497 e. The maximum absolute atomic E-state index is 11.8. The van der Waals surface area contributed by atoms with Crippen LogP contribution in [0.5, 0.6) is 5.75 Å². The lowest BCUT2D eigenvalue weighted by atomic mass is 10.1. The van der Waals surface area contributed by atoms with E-state index in [9.17, 15) is 13.9 Å². The van der Waals surface area contributed by atoms with Gasteiger partial charge in [0.2, 0.25) is 0 Å². The Hall–Kier alpha value is -2.60. The molecule has 0 radical (unpaired) electrons. The Bertz CT molecular complexity index is 910. The zero-order valence-electron chi connectivity index (χ0n) is 16.3. The number of primary amides is 1. The molecule has 1 aliphatic heterocycles. The predicted molar refractivity (Wildman–Crippen MR) is 114 cm³/mol. The van der Waals surface area contributed by atoms with Gasteiger partial charge in [-0.2, -0.15) is 10.6 Å². The van der Waals surface area contributed by atoms with E-state index in [0.29, 0.717) is 35.1 Å². The van der Waals surface area contributed by atoms with E-state index in [1.807, 2.05) is 6.92 Å². The minimum Gasteiger partial charge on any atom is -0.497 e. The third kappa shape index (κ3) is 5.26. The van der Waals surface area contributed by atoms with E-state index in [1.54, 1.807) is 25.3 Å². The first-order valence-corrected chi connectivity index (χ1v) is 10.9. The Balaban J connectivity index is 1.88. The number of aryl methyl sites for hydroxylation is 1. The van der Waals surface area contributed by atoms with E-state index >= 15 is 0 Å². The number of rotatable bonds is 6. The summed E-state index contributed by atoms with van der Waals surface area (Å²) < 4.78 is 25.3. The normalized spacial score (nSPS) is 21.8. The van der Waals surface area contributed by atoms with E-state index in [0.717, 1.165) is 5.69 Å². The van der Waals surface area contributed by atoms with Crippen LogP contribution in [0.2, 0.25) is 0 Å². The molecule has 11 heteroatoms. The number of ether oxygens (including phenoxy) is 1. The van der Waals surface area contributed by atoms with Gasteiger partial charge in [-0.3, -0.25) is 13.9 Å². The van der Waals surface area contributed by atoms with Gasteiger partial charge >= 0.3 is 0 Å². The fourth-order valence-corrected chi connectivity index (χ4v) is 4.90. The first-order valence-electron chi connectivity index (χ1n) is 9.02. The number of carbonyl (C=O) groups is 1. The monoisotopic (exact) mass is 422 g/mol. The molecule has 10 nitrogen and oxygen atoms in total. The lowest BCUT2D eigenvalue weighted by molar-refractivity contribution is 0.0996. The number of pyridine rings is 2. The van der Waals surface area contributed by atoms with Crippen LogP contribution in [-0.4, -0.2) is 55.7 Å². The van der Waals surface area contributed by atoms with Crippen molar-refractivity contribution in [3.05, 3.63) is 35.8 Å². The smallest absolute Gasteiger partial charge is 0.269 e. The fourth-order valence-electron chi connectivity index (χ4n) is 3.18. The van der Waals surface area contributed by atoms with Crippen molar-refractivity contribution in [3.8, 4) is 5.75 Å². The van der Waals surface area contributed by atoms with Gasteiger partial charge in [0.15, 0.2) is 5.69 Å². The van der Waals surface area contributed by atoms with Gasteiger partial charge in [0.05, 0.1) is 36.5 Å². The van der Waals surface area contributed by atoms with Gasteiger partial charge in [0.25, 0.3) is 5.91 Å². The van der Waals surface area contributed by atoms with Gasteiger partial charge in [0.1, 0.15) is 11.6 Å². The molecular weight excluding hydrogens is 396 g/mol. The number of methoxy groups -OCH3 is 1. The Morgan fingerprint density at radius 3 is 2.79 bits per heavy atom. The highest BCUT2D eigenvalue weighted by atomic mass is 32.3. The van der Waals surface area contributed by atoms with E-state index in [2.05, 4.69) is 20.6 Å². The Labute approximate surface area is 170 Å². The molecule has 0 spiro atoms. The lowest BCUT2D eigenvalue weighted by Crippen LogP contribution is -2.48. The Kier molecular flexibility index (Phi) is 6.13. The second-order valence-corrected chi connectivity index (χ2v) is 9.37. The summed E-state index contributed by atoms with van der Waals surface area (Å²) in [6, 6.07) is 4.56. The van der Waals surface area contributed by atoms with Crippen molar-refractivity contribution in [3.63, 3.8) is 0 Å². The highest BCUT2D eigenvalue weighted by molar-refractivity contribution is 8.24. The van der Waals surface area contributed by atoms with E-state index in [1.165, 1.54) is 6.20 Å². The predicted octanol–water partition coefficient (Wildman–Crippen LogP) is 1.90. The third-order valence-corrected chi connectivity index (χ3v) is 6.42. The fraction of sp³-hybridized carbons (Fsp3) is 0.389. The summed E-state index contributed by atoms with van der Waals surface area (Å²) in [6.45, 7) is 1.82. The van der Waals surface area contributed by atoms with Gasteiger partial charge in [-0.1, -0.05) is 0 Å². The zero-order chi connectivity index (χ0) is 21.2. The zero-order valence-corrected chi connectivity index (χ0v) is 17.1. The van der Waals surface area contributed by atoms with Gasteiger partial charge in [-0.05, 0) is 19.4 Å². The molecule has 1 fully saturated rings. The average molecular weight is 423 g/mol. The SMILES string of the molecule is COc1cc(C)nc(Nc2cc(N[C@H]3CS(O)(O)CC[C@H]3N)cnc2C(N)=O)c1. The first-order chi connectivity index (χ1) is 13.7. The molecule has 1 aliphatic rings. The number of aromatic nitrogens is 2. The van der Waals surface area contributed by atoms with Crippen LogP contribution in [-0.2, 0) is 0 Å². The number of nitrogens with one attached hydrogen (secondary N) is 2. The molecule has 0 bridgehead atoms. The Morgan fingerprint density at radius 2 is 2.10 bits per heavy atom. The minimum atomic E-state index is -2.65. The molecule has 2 aromatic heterocycles. The molecule has 3 rings (SSSR count). The van der Waals surface area contributed by atoms with Crippen LogP contribution in [0.1, 0.15) is 22.6 Å². The van der Waals surface area contributed by atoms with Crippen molar-refractivity contribution >= 4 is 33.7 Å². The van der Waals surface area contributed by atoms with Crippen LogP contribution in [0, 0.1) is 6.92 Å². The van der Waals surface area contributed by atoms with Crippen molar-refractivity contribution in [2.75, 3.05) is 29.2 Å². The molecule has 29 heavy (non-hydrogen) atoms. The number of amides is 1. The van der Waals surface area contributed by atoms with Crippen molar-refractivity contribution in [1.82, 2.24) is 9.97 Å². The van der Waals surface area contributed by atoms with Crippen LogP contribution in [0.25, 0.3) is 0 Å². The molecule has 2 atom stereocenters. The molecule has 0 aliphatic carbocycles. The van der Waals surface area contributed by atoms with Crippen molar-refractivity contribution in [2.24, 2.45) is 11.5 Å². The standard InChI is InChI=1S/C18H26N6O4S/c1-10-5-12(28-2)7-16(22-10)24-14-6-11(8-21-17(14)18(20)25)23-15-9-29(26,27)4-3-13(15)19/h5-8,13,15,23,26-27H,3-4,9,19H2,1-2H3,(H2,20,25)(H,22,24)/t13-,15+/m1/s1. The Morgan fingerprint density at radius 1 is 1.34 bits per heavy atom. The lowest BCUT2D eigenvalue weighted by Gasteiger charge is -2.43. The molecular formula is C18H26N6O4S. The molecule has 3 heterocycles. The molecule has 8 N–H and O–H groups in total. The van der Waals surface area contributed by atoms with Crippen molar-refractivity contribution in [2.45, 2.75) is 25.4 Å². The summed E-state index contributed by atoms with van der Waals surface area (Å²) in [4.78, 5) is 20.3. The maximum Gasteiger partial charge on any atom is 0.269 e. The molecule has 1 amide bonds.